The molecule has 1 amide bonds. The first-order chi connectivity index (χ1) is 11.5. The highest BCUT2D eigenvalue weighted by Gasteiger charge is 2.08. The van der Waals surface area contributed by atoms with Gasteiger partial charge in [-0.3, -0.25) is 4.79 Å². The highest BCUT2D eigenvalue weighted by molar-refractivity contribution is 5.93. The van der Waals surface area contributed by atoms with Crippen molar-refractivity contribution in [1.29, 1.82) is 0 Å². The number of carbonyl (C=O) groups is 1. The molecule has 0 aliphatic heterocycles. The highest BCUT2D eigenvalue weighted by Crippen LogP contribution is 2.16. The molecule has 0 aliphatic carbocycles. The van der Waals surface area contributed by atoms with Crippen molar-refractivity contribution in [2.45, 2.75) is 20.8 Å². The number of nitrogens with one attached hydrogen (secondary N) is 2. The van der Waals surface area contributed by atoms with Gasteiger partial charge in [-0.2, -0.15) is 10.1 Å². The van der Waals surface area contributed by atoms with Gasteiger partial charge in [-0.05, 0) is 31.0 Å². The average Bonchev–Trinajstić information content (AvgIpc) is 2.52. The number of amides is 1. The second kappa shape index (κ2) is 8.05. The Labute approximate surface area is 139 Å². The summed E-state index contributed by atoms with van der Waals surface area (Å²) in [6.45, 7) is 6.39. The normalized spacial score (nSPS) is 11.0. The largest absolute Gasteiger partial charge is 0.493 e. The summed E-state index contributed by atoms with van der Waals surface area (Å²) in [7, 11) is 0. The molecular formula is C17H20N4O3. The van der Waals surface area contributed by atoms with E-state index in [0.717, 1.165) is 5.56 Å². The van der Waals surface area contributed by atoms with E-state index < -0.39 is 11.6 Å². The monoisotopic (exact) mass is 328 g/mol. The van der Waals surface area contributed by atoms with Crippen LogP contribution in [0.25, 0.3) is 0 Å². The maximum absolute atomic E-state index is 12.0. The fourth-order valence-electron chi connectivity index (χ4n) is 1.89. The Hall–Kier alpha value is -2.96. The van der Waals surface area contributed by atoms with Crippen molar-refractivity contribution in [3.63, 3.8) is 0 Å². The maximum Gasteiger partial charge on any atom is 0.345 e. The zero-order valence-corrected chi connectivity index (χ0v) is 13.9. The van der Waals surface area contributed by atoms with Crippen molar-refractivity contribution in [2.24, 2.45) is 11.0 Å². The third-order valence-electron chi connectivity index (χ3n) is 2.97. The Morgan fingerprint density at radius 1 is 1.42 bits per heavy atom. The summed E-state index contributed by atoms with van der Waals surface area (Å²) in [6, 6.07) is 8.88. The SMILES string of the molecule is Cc1cc(C(=O)N/N=C/c2ccccc2OCC(C)C)nc(=O)[nH]1. The highest BCUT2D eigenvalue weighted by atomic mass is 16.5. The van der Waals surface area contributed by atoms with Crippen LogP contribution in [-0.4, -0.2) is 28.7 Å². The molecule has 0 atom stereocenters. The molecule has 2 N–H and O–H groups in total. The fraction of sp³-hybridized carbons (Fsp3) is 0.294. The smallest absolute Gasteiger partial charge is 0.345 e. The van der Waals surface area contributed by atoms with Gasteiger partial charge in [0.25, 0.3) is 5.91 Å². The number of benzene rings is 1. The van der Waals surface area contributed by atoms with Gasteiger partial charge in [0.15, 0.2) is 0 Å². The van der Waals surface area contributed by atoms with Gasteiger partial charge in [-0.15, -0.1) is 0 Å². The van der Waals surface area contributed by atoms with E-state index in [2.05, 4.69) is 34.3 Å². The number of hydrazone groups is 1. The third-order valence-corrected chi connectivity index (χ3v) is 2.97. The molecular weight excluding hydrogens is 308 g/mol. The Morgan fingerprint density at radius 2 is 2.17 bits per heavy atom. The van der Waals surface area contributed by atoms with Gasteiger partial charge in [0.05, 0.1) is 12.8 Å². The standard InChI is InChI=1S/C17H20N4O3/c1-11(2)10-24-15-7-5-4-6-13(15)9-18-21-16(22)14-8-12(3)19-17(23)20-14/h4-9,11H,10H2,1-3H3,(H,21,22)(H,19,20,23)/b18-9+. The Morgan fingerprint density at radius 3 is 2.88 bits per heavy atom. The molecule has 0 bridgehead atoms. The number of nitrogens with zero attached hydrogens (tertiary/aromatic N) is 2. The summed E-state index contributed by atoms with van der Waals surface area (Å²) in [4.78, 5) is 29.3. The minimum absolute atomic E-state index is 0.0118. The van der Waals surface area contributed by atoms with E-state index in [-0.39, 0.29) is 5.69 Å². The van der Waals surface area contributed by atoms with E-state index in [9.17, 15) is 9.59 Å². The molecule has 126 valence electrons. The second-order valence-corrected chi connectivity index (χ2v) is 5.70. The van der Waals surface area contributed by atoms with Gasteiger partial charge in [-0.1, -0.05) is 26.0 Å². The molecule has 0 aliphatic rings. The molecule has 7 heteroatoms. The van der Waals surface area contributed by atoms with Crippen molar-refractivity contribution >= 4 is 12.1 Å². The van der Waals surface area contributed by atoms with Crippen molar-refractivity contribution in [3.05, 3.63) is 57.8 Å². The van der Waals surface area contributed by atoms with Gasteiger partial charge in [0.2, 0.25) is 0 Å². The molecule has 0 fully saturated rings. The first-order valence-corrected chi connectivity index (χ1v) is 7.59. The number of aromatic amines is 1. The third kappa shape index (κ3) is 5.05. The van der Waals surface area contributed by atoms with Gasteiger partial charge in [-0.25, -0.2) is 10.2 Å². The topological polar surface area (TPSA) is 96.4 Å². The Balaban J connectivity index is 2.06. The summed E-state index contributed by atoms with van der Waals surface area (Å²) in [5, 5.41) is 3.91. The molecule has 0 saturated carbocycles. The van der Waals surface area contributed by atoms with Gasteiger partial charge >= 0.3 is 5.69 Å². The van der Waals surface area contributed by atoms with Crippen LogP contribution < -0.4 is 15.9 Å². The number of aryl methyl sites for hydroxylation is 1. The average molecular weight is 328 g/mol. The Bertz CT molecular complexity index is 796. The molecule has 1 aromatic heterocycles. The zero-order chi connectivity index (χ0) is 17.5. The van der Waals surface area contributed by atoms with Crippen LogP contribution in [-0.2, 0) is 0 Å². The number of para-hydroxylation sites is 1. The van der Waals surface area contributed by atoms with E-state index in [4.69, 9.17) is 4.74 Å². The first-order valence-electron chi connectivity index (χ1n) is 7.59. The Kier molecular flexibility index (Phi) is 5.83. The van der Waals surface area contributed by atoms with Gasteiger partial charge < -0.3 is 9.72 Å². The maximum atomic E-state index is 12.0. The van der Waals surface area contributed by atoms with E-state index >= 15 is 0 Å². The van der Waals surface area contributed by atoms with Crippen LogP contribution in [0.15, 0.2) is 40.2 Å². The van der Waals surface area contributed by atoms with Crippen LogP contribution >= 0.6 is 0 Å². The second-order valence-electron chi connectivity index (χ2n) is 5.70. The fourth-order valence-corrected chi connectivity index (χ4v) is 1.89. The van der Waals surface area contributed by atoms with Crippen molar-refractivity contribution in [3.8, 4) is 5.75 Å². The lowest BCUT2D eigenvalue weighted by Gasteiger charge is -2.10. The number of hydrogen-bond acceptors (Lipinski definition) is 5. The van der Waals surface area contributed by atoms with Crippen LogP contribution in [0.2, 0.25) is 0 Å². The molecule has 1 aromatic carbocycles. The van der Waals surface area contributed by atoms with Crippen LogP contribution in [0.3, 0.4) is 0 Å². The molecule has 2 rings (SSSR count). The summed E-state index contributed by atoms with van der Waals surface area (Å²) < 4.78 is 5.71. The number of ether oxygens (including phenoxy) is 1. The number of hydrogen-bond donors (Lipinski definition) is 2. The summed E-state index contributed by atoms with van der Waals surface area (Å²) >= 11 is 0. The molecule has 0 unspecified atom stereocenters. The molecule has 0 radical (unpaired) electrons. The van der Waals surface area contributed by atoms with E-state index in [1.165, 1.54) is 12.3 Å². The molecule has 24 heavy (non-hydrogen) atoms. The summed E-state index contributed by atoms with van der Waals surface area (Å²) in [5.41, 5.74) is 3.09. The minimum Gasteiger partial charge on any atom is -0.493 e. The van der Waals surface area contributed by atoms with E-state index in [1.807, 2.05) is 24.3 Å². The van der Waals surface area contributed by atoms with Crippen LogP contribution in [0.4, 0.5) is 0 Å². The summed E-state index contributed by atoms with van der Waals surface area (Å²) in [6.07, 6.45) is 1.49. The van der Waals surface area contributed by atoms with Crippen LogP contribution in [0.1, 0.15) is 35.6 Å². The predicted octanol–water partition coefficient (Wildman–Crippen LogP) is 1.88. The van der Waals surface area contributed by atoms with Crippen molar-refractivity contribution < 1.29 is 9.53 Å². The lowest BCUT2D eigenvalue weighted by atomic mass is 10.2. The van der Waals surface area contributed by atoms with E-state index in [0.29, 0.717) is 24.0 Å². The molecule has 1 heterocycles. The minimum atomic E-state index is -0.573. The van der Waals surface area contributed by atoms with Crippen LogP contribution in [0.5, 0.6) is 5.75 Å². The van der Waals surface area contributed by atoms with Crippen LogP contribution in [0, 0.1) is 12.8 Å². The number of rotatable bonds is 6. The van der Waals surface area contributed by atoms with Gasteiger partial charge in [0, 0.05) is 11.3 Å². The molecule has 0 saturated heterocycles. The first kappa shape index (κ1) is 17.4. The zero-order valence-electron chi connectivity index (χ0n) is 13.9. The number of carbonyl (C=O) groups excluding carboxylic acids is 1. The van der Waals surface area contributed by atoms with E-state index in [1.54, 1.807) is 6.92 Å². The molecule has 2 aromatic rings. The number of aromatic nitrogens is 2. The number of H-pyrrole nitrogens is 1. The van der Waals surface area contributed by atoms with Crippen molar-refractivity contribution in [1.82, 2.24) is 15.4 Å². The van der Waals surface area contributed by atoms with Crippen molar-refractivity contribution in [2.75, 3.05) is 6.61 Å². The van der Waals surface area contributed by atoms with Gasteiger partial charge in [0.1, 0.15) is 11.4 Å². The summed E-state index contributed by atoms with van der Waals surface area (Å²) in [5.74, 6) is 0.538. The lowest BCUT2D eigenvalue weighted by molar-refractivity contribution is 0.0949. The quantitative estimate of drug-likeness (QED) is 0.625. The predicted molar refractivity (Wildman–Crippen MR) is 91.4 cm³/mol. The molecule has 0 spiro atoms. The lowest BCUT2D eigenvalue weighted by Crippen LogP contribution is -2.24. The molecule has 7 nitrogen and oxygen atoms in total.